The minimum absolute atomic E-state index is 0.107. The Morgan fingerprint density at radius 3 is 2.54 bits per heavy atom. The maximum Gasteiger partial charge on any atom is 0.323 e. The lowest BCUT2D eigenvalue weighted by molar-refractivity contribution is -0.137. The van der Waals surface area contributed by atoms with E-state index < -0.39 is 30.4 Å². The molecule has 1 N–H and O–H groups in total. The first-order chi connectivity index (χ1) is 13.3. The summed E-state index contributed by atoms with van der Waals surface area (Å²) in [6.07, 6.45) is 3.50. The third kappa shape index (κ3) is 4.13. The second kappa shape index (κ2) is 7.71. The van der Waals surface area contributed by atoms with Gasteiger partial charge in [-0.05, 0) is 0 Å². The number of hydrogen-bond donors (Lipinski definition) is 1. The topological polar surface area (TPSA) is 90.0 Å². The molecule has 0 bridgehead atoms. The Balaban J connectivity index is 1.92. The van der Waals surface area contributed by atoms with Gasteiger partial charge in [0.05, 0.1) is 18.1 Å². The lowest BCUT2D eigenvalue weighted by Gasteiger charge is -2.17. The second-order valence-corrected chi connectivity index (χ2v) is 6.35. The Morgan fingerprint density at radius 1 is 1.21 bits per heavy atom. The summed E-state index contributed by atoms with van der Waals surface area (Å²) in [6, 6.07) is 7.32. The van der Waals surface area contributed by atoms with Crippen LogP contribution in [-0.4, -0.2) is 30.4 Å². The molecule has 0 unspecified atom stereocenters. The van der Waals surface area contributed by atoms with Crippen LogP contribution in [0.2, 0.25) is 0 Å². The molecule has 0 aliphatic carbocycles. The summed E-state index contributed by atoms with van der Waals surface area (Å²) < 4.78 is 31.3. The summed E-state index contributed by atoms with van der Waals surface area (Å²) in [6.45, 7) is -0.604. The number of halogens is 2. The van der Waals surface area contributed by atoms with E-state index in [2.05, 4.69) is 10.1 Å². The first-order valence-corrected chi connectivity index (χ1v) is 8.51. The number of benzene rings is 1. The van der Waals surface area contributed by atoms with E-state index in [1.807, 2.05) is 0 Å². The van der Waals surface area contributed by atoms with Crippen LogP contribution in [0.15, 0.2) is 53.7 Å². The summed E-state index contributed by atoms with van der Waals surface area (Å²) in [7, 11) is 1.68. The van der Waals surface area contributed by atoms with Crippen molar-refractivity contribution in [2.24, 2.45) is 7.05 Å². The molecule has 2 heterocycles. The Labute approximate surface area is 158 Å². The van der Waals surface area contributed by atoms with Crippen molar-refractivity contribution < 1.29 is 18.7 Å². The van der Waals surface area contributed by atoms with Crippen LogP contribution in [0.1, 0.15) is 17.7 Å². The molecule has 0 saturated heterocycles. The van der Waals surface area contributed by atoms with Gasteiger partial charge >= 0.3 is 5.97 Å². The fourth-order valence-electron chi connectivity index (χ4n) is 2.88. The van der Waals surface area contributed by atoms with Gasteiger partial charge in [-0.3, -0.25) is 23.8 Å². The van der Waals surface area contributed by atoms with Crippen molar-refractivity contribution in [3.63, 3.8) is 0 Å². The molecule has 0 atom stereocenters. The van der Waals surface area contributed by atoms with Crippen LogP contribution in [0.4, 0.5) is 8.78 Å². The average Bonchev–Trinajstić information content (AvgIpc) is 3.09. The minimum atomic E-state index is -3.13. The fourth-order valence-corrected chi connectivity index (χ4v) is 2.88. The van der Waals surface area contributed by atoms with Crippen LogP contribution in [0.3, 0.4) is 0 Å². The molecule has 2 aromatic heterocycles. The number of alkyl halides is 2. The van der Waals surface area contributed by atoms with Gasteiger partial charge in [0.25, 0.3) is 11.5 Å². The van der Waals surface area contributed by atoms with Gasteiger partial charge in [0, 0.05) is 37.2 Å². The highest BCUT2D eigenvalue weighted by Gasteiger charge is 2.31. The average molecular weight is 388 g/mol. The van der Waals surface area contributed by atoms with Gasteiger partial charge in [-0.25, -0.2) is 8.78 Å². The highest BCUT2D eigenvalue weighted by Crippen LogP contribution is 2.32. The molecule has 7 nitrogen and oxygen atoms in total. The number of rotatable bonds is 7. The van der Waals surface area contributed by atoms with E-state index >= 15 is 0 Å². The number of carbonyl (C=O) groups is 1. The van der Waals surface area contributed by atoms with Gasteiger partial charge in [-0.2, -0.15) is 5.10 Å². The van der Waals surface area contributed by atoms with Crippen LogP contribution >= 0.6 is 0 Å². The van der Waals surface area contributed by atoms with Gasteiger partial charge in [0.2, 0.25) is 0 Å². The molecule has 0 fully saturated rings. The van der Waals surface area contributed by atoms with Crippen molar-refractivity contribution in [3.05, 3.63) is 70.5 Å². The summed E-state index contributed by atoms with van der Waals surface area (Å²) in [5.74, 6) is -4.35. The minimum Gasteiger partial charge on any atom is -0.480 e. The first kappa shape index (κ1) is 19.4. The maximum absolute atomic E-state index is 14.4. The van der Waals surface area contributed by atoms with Crippen LogP contribution in [0.25, 0.3) is 11.3 Å². The third-order valence-electron chi connectivity index (χ3n) is 4.29. The van der Waals surface area contributed by atoms with E-state index in [-0.39, 0.29) is 23.4 Å². The largest absolute Gasteiger partial charge is 0.480 e. The molecule has 0 spiro atoms. The first-order valence-electron chi connectivity index (χ1n) is 8.51. The Kier molecular flexibility index (Phi) is 5.34. The van der Waals surface area contributed by atoms with Crippen LogP contribution in [0, 0.1) is 0 Å². The lowest BCUT2D eigenvalue weighted by Crippen LogP contribution is -2.30. The van der Waals surface area contributed by atoms with Crippen molar-refractivity contribution in [3.8, 4) is 11.3 Å². The molecule has 0 aliphatic heterocycles. The molecule has 0 radical (unpaired) electrons. The van der Waals surface area contributed by atoms with E-state index in [0.29, 0.717) is 5.56 Å². The van der Waals surface area contributed by atoms with Crippen molar-refractivity contribution in [2.75, 3.05) is 0 Å². The SMILES string of the molecule is Cn1cc(-c2cnc(CCC(F)(F)c3ccccc3)c(=O)n2CC(=O)O)cn1. The highest BCUT2D eigenvalue weighted by atomic mass is 19.3. The van der Waals surface area contributed by atoms with Crippen LogP contribution < -0.4 is 5.56 Å². The van der Waals surface area contributed by atoms with Crippen molar-refractivity contribution in [1.82, 2.24) is 19.3 Å². The van der Waals surface area contributed by atoms with Gasteiger partial charge in [-0.1, -0.05) is 30.3 Å². The summed E-state index contributed by atoms with van der Waals surface area (Å²) in [4.78, 5) is 28.0. The molecule has 0 saturated carbocycles. The van der Waals surface area contributed by atoms with E-state index in [1.165, 1.54) is 41.3 Å². The molecule has 3 rings (SSSR count). The zero-order valence-electron chi connectivity index (χ0n) is 15.0. The van der Waals surface area contributed by atoms with Gasteiger partial charge in [0.15, 0.2) is 0 Å². The zero-order chi connectivity index (χ0) is 20.3. The van der Waals surface area contributed by atoms with Gasteiger partial charge in [0.1, 0.15) is 12.2 Å². The monoisotopic (exact) mass is 388 g/mol. The predicted molar refractivity (Wildman–Crippen MR) is 97.0 cm³/mol. The van der Waals surface area contributed by atoms with Gasteiger partial charge < -0.3 is 5.11 Å². The summed E-state index contributed by atoms with van der Waals surface area (Å²) in [5.41, 5.74) is -0.182. The number of aryl methyl sites for hydroxylation is 2. The number of nitrogens with zero attached hydrogens (tertiary/aromatic N) is 4. The molecule has 28 heavy (non-hydrogen) atoms. The summed E-state index contributed by atoms with van der Waals surface area (Å²) >= 11 is 0. The van der Waals surface area contributed by atoms with Crippen molar-refractivity contribution in [1.29, 1.82) is 0 Å². The predicted octanol–water partition coefficient (Wildman–Crippen LogP) is 2.45. The molecular formula is C19H18F2N4O3. The standard InChI is InChI=1S/C19H18F2N4O3/c1-24-11-13(9-23-24)16-10-22-15(18(28)25(16)12-17(26)27)7-8-19(20,21)14-5-3-2-4-6-14/h2-6,9-11H,7-8,12H2,1H3,(H,26,27). The van der Waals surface area contributed by atoms with E-state index in [1.54, 1.807) is 19.3 Å². The van der Waals surface area contributed by atoms with Crippen LogP contribution in [0.5, 0.6) is 0 Å². The Morgan fingerprint density at radius 2 is 1.93 bits per heavy atom. The molecule has 3 aromatic rings. The van der Waals surface area contributed by atoms with Gasteiger partial charge in [-0.15, -0.1) is 0 Å². The second-order valence-electron chi connectivity index (χ2n) is 6.35. The van der Waals surface area contributed by atoms with Crippen molar-refractivity contribution >= 4 is 5.97 Å². The molecule has 9 heteroatoms. The zero-order valence-corrected chi connectivity index (χ0v) is 15.0. The van der Waals surface area contributed by atoms with E-state index in [9.17, 15) is 18.4 Å². The van der Waals surface area contributed by atoms with E-state index in [0.717, 1.165) is 4.57 Å². The van der Waals surface area contributed by atoms with E-state index in [4.69, 9.17) is 5.11 Å². The van der Waals surface area contributed by atoms with Crippen molar-refractivity contribution in [2.45, 2.75) is 25.3 Å². The molecule has 1 aromatic carbocycles. The van der Waals surface area contributed by atoms with Crippen LogP contribution in [-0.2, 0) is 30.7 Å². The Hall–Kier alpha value is -3.36. The lowest BCUT2D eigenvalue weighted by atomic mass is 10.0. The third-order valence-corrected chi connectivity index (χ3v) is 4.29. The molecule has 0 amide bonds. The molecular weight excluding hydrogens is 370 g/mol. The summed E-state index contributed by atoms with van der Waals surface area (Å²) in [5, 5.41) is 13.1. The fraction of sp³-hybridized carbons (Fsp3) is 0.263. The number of carboxylic acid groups (broad SMARTS) is 1. The smallest absolute Gasteiger partial charge is 0.323 e. The maximum atomic E-state index is 14.4. The normalized spacial score (nSPS) is 11.5. The Bertz CT molecular complexity index is 1040. The quantitative estimate of drug-likeness (QED) is 0.672. The number of hydrogen-bond acceptors (Lipinski definition) is 4. The number of carboxylic acids is 1. The highest BCUT2D eigenvalue weighted by molar-refractivity contribution is 5.68. The molecule has 0 aliphatic rings. The number of aromatic nitrogens is 4. The number of aliphatic carboxylic acids is 1. The molecule has 146 valence electrons.